The summed E-state index contributed by atoms with van der Waals surface area (Å²) in [5, 5.41) is 0. The molecular weight excluding hydrogens is 350 g/mol. The summed E-state index contributed by atoms with van der Waals surface area (Å²) in [5.74, 6) is 0. The van der Waals surface area contributed by atoms with Gasteiger partial charge in [0.1, 0.15) is 0 Å². The Bertz CT molecular complexity index is 1140. The minimum Gasteiger partial charge on any atom is -0.298 e. The minimum atomic E-state index is 0.939. The zero-order valence-corrected chi connectivity index (χ0v) is 16.8. The van der Waals surface area contributed by atoms with Gasteiger partial charge in [-0.15, -0.1) is 0 Å². The van der Waals surface area contributed by atoms with Gasteiger partial charge in [0.25, 0.3) is 0 Å². The van der Waals surface area contributed by atoms with Crippen molar-refractivity contribution in [2.75, 3.05) is 7.05 Å². The third kappa shape index (κ3) is 3.74. The lowest BCUT2D eigenvalue weighted by Gasteiger charge is -2.18. The van der Waals surface area contributed by atoms with E-state index in [2.05, 4.69) is 109 Å². The molecule has 1 aliphatic rings. The molecule has 0 saturated carbocycles. The van der Waals surface area contributed by atoms with Crippen LogP contribution in [0.3, 0.4) is 0 Å². The van der Waals surface area contributed by atoms with Crippen LogP contribution in [0.2, 0.25) is 0 Å². The van der Waals surface area contributed by atoms with Crippen LogP contribution < -0.4 is 0 Å². The van der Waals surface area contributed by atoms with Gasteiger partial charge in [0.05, 0.1) is 0 Å². The molecule has 0 N–H and O–H groups in total. The highest BCUT2D eigenvalue weighted by atomic mass is 15.1. The molecule has 0 fully saturated rings. The highest BCUT2D eigenvalue weighted by Crippen LogP contribution is 2.37. The second-order valence-electron chi connectivity index (χ2n) is 8.06. The molecule has 1 aliphatic carbocycles. The van der Waals surface area contributed by atoms with Gasteiger partial charge in [-0.2, -0.15) is 0 Å². The van der Waals surface area contributed by atoms with Crippen LogP contribution in [0.1, 0.15) is 22.3 Å². The van der Waals surface area contributed by atoms with Gasteiger partial charge in [0, 0.05) is 13.1 Å². The first-order valence-electron chi connectivity index (χ1n) is 10.3. The average Bonchev–Trinajstić information content (AvgIpc) is 3.12. The summed E-state index contributed by atoms with van der Waals surface area (Å²) in [6.07, 6.45) is 1.06. The Morgan fingerprint density at radius 2 is 1.28 bits per heavy atom. The summed E-state index contributed by atoms with van der Waals surface area (Å²) >= 11 is 0. The maximum absolute atomic E-state index is 2.40. The van der Waals surface area contributed by atoms with Gasteiger partial charge in [-0.1, -0.05) is 84.9 Å². The Morgan fingerprint density at radius 3 is 2.14 bits per heavy atom. The molecule has 0 amide bonds. The lowest BCUT2D eigenvalue weighted by atomic mass is 10.0. The minimum absolute atomic E-state index is 0.939. The molecule has 0 aromatic heterocycles. The molecule has 4 aromatic carbocycles. The van der Waals surface area contributed by atoms with Crippen LogP contribution in [0.5, 0.6) is 0 Å². The van der Waals surface area contributed by atoms with E-state index in [0.29, 0.717) is 0 Å². The molecule has 0 saturated heterocycles. The SMILES string of the molecule is CN(Cc1cccc(-c2ccccc2)c1)Cc1ccc2c(c1)-c1ccccc1C2. The summed E-state index contributed by atoms with van der Waals surface area (Å²) in [7, 11) is 2.20. The molecule has 0 atom stereocenters. The van der Waals surface area contributed by atoms with Gasteiger partial charge in [-0.05, 0) is 70.1 Å². The lowest BCUT2D eigenvalue weighted by molar-refractivity contribution is 0.319. The fourth-order valence-electron chi connectivity index (χ4n) is 4.43. The third-order valence-corrected chi connectivity index (χ3v) is 5.80. The number of hydrogen-bond donors (Lipinski definition) is 0. The van der Waals surface area contributed by atoms with Crippen LogP contribution in [0.25, 0.3) is 22.3 Å². The molecular formula is C28H25N. The van der Waals surface area contributed by atoms with Crippen LogP contribution in [0.15, 0.2) is 97.1 Å². The van der Waals surface area contributed by atoms with Gasteiger partial charge >= 0.3 is 0 Å². The first-order chi connectivity index (χ1) is 14.3. The normalized spacial score (nSPS) is 12.1. The van der Waals surface area contributed by atoms with E-state index >= 15 is 0 Å². The quantitative estimate of drug-likeness (QED) is 0.336. The van der Waals surface area contributed by atoms with Gasteiger partial charge in [-0.3, -0.25) is 4.90 Å². The first-order valence-corrected chi connectivity index (χ1v) is 10.3. The van der Waals surface area contributed by atoms with Crippen molar-refractivity contribution in [2.45, 2.75) is 19.5 Å². The standard InChI is InChI=1S/C28H25N/c1-29(19-21-8-7-12-24(16-21)23-9-3-2-4-10-23)20-22-14-15-26-18-25-11-5-6-13-27(25)28(26)17-22/h2-17H,18-20H2,1H3. The third-order valence-electron chi connectivity index (χ3n) is 5.80. The summed E-state index contributed by atoms with van der Waals surface area (Å²) < 4.78 is 0. The second-order valence-corrected chi connectivity index (χ2v) is 8.06. The van der Waals surface area contributed by atoms with Crippen LogP contribution >= 0.6 is 0 Å². The van der Waals surface area contributed by atoms with Crippen molar-refractivity contribution < 1.29 is 0 Å². The topological polar surface area (TPSA) is 3.24 Å². The smallest absolute Gasteiger partial charge is 0.0234 e. The highest BCUT2D eigenvalue weighted by Gasteiger charge is 2.18. The summed E-state index contributed by atoms with van der Waals surface area (Å²) in [4.78, 5) is 2.40. The van der Waals surface area contributed by atoms with Crippen molar-refractivity contribution in [3.05, 3.63) is 119 Å². The van der Waals surface area contributed by atoms with Gasteiger partial charge < -0.3 is 0 Å². The largest absolute Gasteiger partial charge is 0.298 e. The predicted molar refractivity (Wildman–Crippen MR) is 122 cm³/mol. The monoisotopic (exact) mass is 375 g/mol. The molecule has 0 spiro atoms. The van der Waals surface area contributed by atoms with E-state index in [9.17, 15) is 0 Å². The fourth-order valence-corrected chi connectivity index (χ4v) is 4.43. The number of rotatable bonds is 5. The van der Waals surface area contributed by atoms with E-state index in [-0.39, 0.29) is 0 Å². The predicted octanol–water partition coefficient (Wildman–Crippen LogP) is 6.56. The van der Waals surface area contributed by atoms with Crippen molar-refractivity contribution in [3.8, 4) is 22.3 Å². The van der Waals surface area contributed by atoms with Crippen molar-refractivity contribution in [1.29, 1.82) is 0 Å². The molecule has 0 bridgehead atoms. The van der Waals surface area contributed by atoms with E-state index in [0.717, 1.165) is 19.5 Å². The van der Waals surface area contributed by atoms with Crippen LogP contribution in [-0.4, -0.2) is 11.9 Å². The Kier molecular flexibility index (Phi) is 4.75. The Hall–Kier alpha value is -3.16. The molecule has 0 unspecified atom stereocenters. The van der Waals surface area contributed by atoms with Crippen molar-refractivity contribution in [3.63, 3.8) is 0 Å². The zero-order chi connectivity index (χ0) is 19.6. The number of hydrogen-bond acceptors (Lipinski definition) is 1. The van der Waals surface area contributed by atoms with Crippen molar-refractivity contribution in [2.24, 2.45) is 0 Å². The molecule has 5 rings (SSSR count). The maximum Gasteiger partial charge on any atom is 0.0234 e. The summed E-state index contributed by atoms with van der Waals surface area (Å²) in [6.45, 7) is 1.89. The molecule has 1 heteroatoms. The lowest BCUT2D eigenvalue weighted by Crippen LogP contribution is -2.17. The van der Waals surface area contributed by atoms with E-state index in [4.69, 9.17) is 0 Å². The van der Waals surface area contributed by atoms with Gasteiger partial charge in [-0.25, -0.2) is 0 Å². The first kappa shape index (κ1) is 17.9. The molecule has 0 heterocycles. The van der Waals surface area contributed by atoms with E-state index in [1.54, 1.807) is 0 Å². The molecule has 0 radical (unpaired) electrons. The van der Waals surface area contributed by atoms with E-state index in [1.807, 2.05) is 0 Å². The van der Waals surface area contributed by atoms with E-state index < -0.39 is 0 Å². The highest BCUT2D eigenvalue weighted by molar-refractivity contribution is 5.77. The van der Waals surface area contributed by atoms with Crippen LogP contribution in [0.4, 0.5) is 0 Å². The van der Waals surface area contributed by atoms with Gasteiger partial charge in [0.2, 0.25) is 0 Å². The number of nitrogens with zero attached hydrogens (tertiary/aromatic N) is 1. The number of benzene rings is 4. The van der Waals surface area contributed by atoms with Crippen LogP contribution in [-0.2, 0) is 19.5 Å². The van der Waals surface area contributed by atoms with Crippen molar-refractivity contribution in [1.82, 2.24) is 4.90 Å². The molecule has 1 nitrogen and oxygen atoms in total. The van der Waals surface area contributed by atoms with E-state index in [1.165, 1.54) is 44.5 Å². The molecule has 4 aromatic rings. The second kappa shape index (κ2) is 7.69. The van der Waals surface area contributed by atoms with Crippen LogP contribution in [0, 0.1) is 0 Å². The molecule has 0 aliphatic heterocycles. The summed E-state index contributed by atoms with van der Waals surface area (Å²) in [6, 6.07) is 35.3. The Labute approximate surface area is 173 Å². The molecule has 142 valence electrons. The summed E-state index contributed by atoms with van der Waals surface area (Å²) in [5.41, 5.74) is 11.0. The zero-order valence-electron chi connectivity index (χ0n) is 16.8. The van der Waals surface area contributed by atoms with Crippen molar-refractivity contribution >= 4 is 0 Å². The molecule has 29 heavy (non-hydrogen) atoms. The Morgan fingerprint density at radius 1 is 0.586 bits per heavy atom. The Balaban J connectivity index is 1.32. The fraction of sp³-hybridized carbons (Fsp3) is 0.143. The number of fused-ring (bicyclic) bond motifs is 3. The van der Waals surface area contributed by atoms with Gasteiger partial charge in [0.15, 0.2) is 0 Å². The average molecular weight is 376 g/mol. The maximum atomic E-state index is 2.40.